The minimum absolute atomic E-state index is 0.119. The molecule has 0 fully saturated rings. The summed E-state index contributed by atoms with van der Waals surface area (Å²) in [7, 11) is 0. The minimum Gasteiger partial charge on any atom is -0.872 e. The molecule has 3 rings (SSSR count). The van der Waals surface area contributed by atoms with E-state index in [-0.39, 0.29) is 17.4 Å². The van der Waals surface area contributed by atoms with E-state index in [4.69, 9.17) is 0 Å². The molecule has 144 valence electrons. The predicted octanol–water partition coefficient (Wildman–Crippen LogP) is 2.96. The molecule has 0 radical (unpaired) electrons. The molecule has 28 heavy (non-hydrogen) atoms. The van der Waals surface area contributed by atoms with Gasteiger partial charge in [0.05, 0.1) is 11.5 Å². The number of carbonyl (C=O) groups is 1. The van der Waals surface area contributed by atoms with Gasteiger partial charge in [-0.2, -0.15) is 5.10 Å². The summed E-state index contributed by atoms with van der Waals surface area (Å²) in [5, 5.41) is 23.0. The molecular weight excluding hydrogens is 412 g/mol. The Labute approximate surface area is 175 Å². The molecule has 0 unspecified atom stereocenters. The van der Waals surface area contributed by atoms with Crippen molar-refractivity contribution in [1.29, 1.82) is 0 Å². The van der Waals surface area contributed by atoms with Crippen molar-refractivity contribution in [3.63, 3.8) is 0 Å². The van der Waals surface area contributed by atoms with Crippen LogP contribution in [0.5, 0.6) is 5.75 Å². The summed E-state index contributed by atoms with van der Waals surface area (Å²) in [6.45, 7) is 1.69. The van der Waals surface area contributed by atoms with Gasteiger partial charge < -0.3 is 5.11 Å². The Morgan fingerprint density at radius 2 is 1.93 bits per heavy atom. The van der Waals surface area contributed by atoms with Crippen LogP contribution in [-0.2, 0) is 10.5 Å². The molecule has 0 atom stereocenters. The van der Waals surface area contributed by atoms with Gasteiger partial charge in [0.2, 0.25) is 4.34 Å². The maximum Gasteiger partial charge on any atom is 0.323 e. The summed E-state index contributed by atoms with van der Waals surface area (Å²) in [4.78, 5) is 12.0. The topological polar surface area (TPSA) is 91.6 Å². The Kier molecular flexibility index (Phi) is 7.46. The van der Waals surface area contributed by atoms with Gasteiger partial charge in [0.15, 0.2) is 0 Å². The number of rotatable bonds is 8. The summed E-state index contributed by atoms with van der Waals surface area (Å²) in [6.07, 6.45) is 0. The third-order valence-electron chi connectivity index (χ3n) is 3.58. The lowest BCUT2D eigenvalue weighted by Crippen LogP contribution is -2.21. The first-order valence-electron chi connectivity index (χ1n) is 8.39. The molecule has 0 bridgehead atoms. The van der Waals surface area contributed by atoms with Gasteiger partial charge in [-0.1, -0.05) is 77.2 Å². The van der Waals surface area contributed by atoms with Crippen molar-refractivity contribution in [2.45, 2.75) is 21.4 Å². The van der Waals surface area contributed by atoms with E-state index in [1.54, 1.807) is 36.9 Å². The minimum atomic E-state index is -0.249. The van der Waals surface area contributed by atoms with Crippen LogP contribution in [0.4, 0.5) is 0 Å². The third-order valence-corrected chi connectivity index (χ3v) is 6.91. The lowest BCUT2D eigenvalue weighted by atomic mass is 10.1. The monoisotopic (exact) mass is 430 g/mol. The summed E-state index contributed by atoms with van der Waals surface area (Å²) >= 11 is 4.54. The number of aromatic nitrogens is 2. The van der Waals surface area contributed by atoms with Crippen LogP contribution in [-0.4, -0.2) is 22.5 Å². The number of nitrogens with zero attached hydrogens (tertiary/aromatic N) is 2. The highest BCUT2D eigenvalue weighted by molar-refractivity contribution is 8.03. The Morgan fingerprint density at radius 1 is 1.18 bits per heavy atom. The number of aromatic amines is 1. The zero-order valence-corrected chi connectivity index (χ0v) is 17.5. The van der Waals surface area contributed by atoms with E-state index in [9.17, 15) is 9.90 Å². The second-order valence-electron chi connectivity index (χ2n) is 5.67. The number of carbonyl (C=O) groups excluding carboxylic acids is 1. The van der Waals surface area contributed by atoms with Crippen molar-refractivity contribution in [2.24, 2.45) is 5.10 Å². The normalized spacial score (nSPS) is 11.4. The SMILES string of the molecule is C/C(=N/NC(=O)CSc1n[nH+]c(SCc2ccccc2)s1)c1ccccc1[O-]. The Balaban J connectivity index is 1.45. The van der Waals surface area contributed by atoms with Gasteiger partial charge in [-0.25, -0.2) is 5.43 Å². The molecule has 0 aliphatic heterocycles. The second-order valence-corrected chi connectivity index (χ2v) is 9.14. The van der Waals surface area contributed by atoms with E-state index in [2.05, 4.69) is 32.9 Å². The van der Waals surface area contributed by atoms with Crippen LogP contribution in [0.2, 0.25) is 0 Å². The molecule has 0 aliphatic rings. The smallest absolute Gasteiger partial charge is 0.323 e. The summed E-state index contributed by atoms with van der Waals surface area (Å²) in [5.74, 6) is 0.687. The first-order valence-corrected chi connectivity index (χ1v) is 11.2. The molecule has 1 heterocycles. The predicted molar refractivity (Wildman–Crippen MR) is 112 cm³/mol. The molecule has 0 saturated heterocycles. The Hall–Kier alpha value is -2.36. The third kappa shape index (κ3) is 6.08. The standard InChI is InChI=1S/C19H18N4O2S3/c1-13(15-9-5-6-10-16(15)24)20-21-17(25)12-27-19-23-22-18(28-19)26-11-14-7-3-2-4-8-14/h2-10,24H,11-12H2,1H3,(H,21,25)/b20-13-. The van der Waals surface area contributed by atoms with Gasteiger partial charge in [-0.05, 0) is 41.1 Å². The number of thioether (sulfide) groups is 2. The number of amides is 1. The zero-order chi connectivity index (χ0) is 19.8. The number of hydrazone groups is 1. The summed E-state index contributed by atoms with van der Waals surface area (Å²) in [5.41, 5.74) is 4.68. The number of nitrogens with one attached hydrogen (secondary N) is 2. The zero-order valence-electron chi connectivity index (χ0n) is 15.0. The fourth-order valence-corrected chi connectivity index (χ4v) is 5.04. The molecule has 0 aliphatic carbocycles. The molecule has 2 N–H and O–H groups in total. The number of para-hydroxylation sites is 1. The summed E-state index contributed by atoms with van der Waals surface area (Å²) in [6, 6.07) is 16.8. The largest absolute Gasteiger partial charge is 0.872 e. The molecule has 9 heteroatoms. The van der Waals surface area contributed by atoms with Crippen LogP contribution >= 0.6 is 34.9 Å². The van der Waals surface area contributed by atoms with E-state index >= 15 is 0 Å². The molecule has 6 nitrogen and oxygen atoms in total. The number of hydrogen-bond donors (Lipinski definition) is 1. The van der Waals surface area contributed by atoms with Gasteiger partial charge in [-0.3, -0.25) is 4.79 Å². The van der Waals surface area contributed by atoms with Crippen LogP contribution in [0, 0.1) is 0 Å². The van der Waals surface area contributed by atoms with Gasteiger partial charge in [0, 0.05) is 10.9 Å². The average Bonchev–Trinajstić information content (AvgIpc) is 3.18. The molecule has 0 saturated carbocycles. The molecule has 3 aromatic rings. The fourth-order valence-electron chi connectivity index (χ4n) is 2.19. The first-order chi connectivity index (χ1) is 13.6. The van der Waals surface area contributed by atoms with Gasteiger partial charge in [-0.15, -0.1) is 0 Å². The van der Waals surface area contributed by atoms with Crippen LogP contribution in [0.3, 0.4) is 0 Å². The van der Waals surface area contributed by atoms with Crippen molar-refractivity contribution in [3.05, 3.63) is 65.7 Å². The van der Waals surface area contributed by atoms with Crippen molar-refractivity contribution in [3.8, 4) is 5.75 Å². The van der Waals surface area contributed by atoms with Crippen LogP contribution in [0.15, 0.2) is 68.4 Å². The lowest BCUT2D eigenvalue weighted by molar-refractivity contribution is -0.492. The molecule has 1 aromatic heterocycles. The molecule has 2 aromatic carbocycles. The highest BCUT2D eigenvalue weighted by atomic mass is 32.2. The van der Waals surface area contributed by atoms with Crippen molar-refractivity contribution < 1.29 is 15.0 Å². The Morgan fingerprint density at radius 3 is 2.71 bits per heavy atom. The van der Waals surface area contributed by atoms with E-state index in [1.807, 2.05) is 18.2 Å². The molecule has 0 spiro atoms. The number of hydrogen-bond acceptors (Lipinski definition) is 7. The van der Waals surface area contributed by atoms with Crippen LogP contribution < -0.4 is 15.6 Å². The van der Waals surface area contributed by atoms with Crippen molar-refractivity contribution >= 4 is 46.5 Å². The fraction of sp³-hybridized carbons (Fsp3) is 0.158. The van der Waals surface area contributed by atoms with Gasteiger partial charge in [0.25, 0.3) is 5.91 Å². The van der Waals surface area contributed by atoms with E-state index in [0.29, 0.717) is 11.3 Å². The number of H-pyrrole nitrogens is 1. The lowest BCUT2D eigenvalue weighted by Gasteiger charge is -2.12. The molecular formula is C19H18N4O2S3. The maximum absolute atomic E-state index is 12.0. The molecule has 1 amide bonds. The summed E-state index contributed by atoms with van der Waals surface area (Å²) < 4.78 is 1.78. The van der Waals surface area contributed by atoms with Gasteiger partial charge >= 0.3 is 4.34 Å². The first kappa shape index (κ1) is 20.4. The van der Waals surface area contributed by atoms with Crippen molar-refractivity contribution in [2.75, 3.05) is 5.75 Å². The van der Waals surface area contributed by atoms with E-state index in [1.165, 1.54) is 34.7 Å². The maximum atomic E-state index is 12.0. The van der Waals surface area contributed by atoms with Crippen LogP contribution in [0.1, 0.15) is 18.1 Å². The highest BCUT2D eigenvalue weighted by Gasteiger charge is 2.13. The highest BCUT2D eigenvalue weighted by Crippen LogP contribution is 2.28. The average molecular weight is 431 g/mol. The Bertz CT molecular complexity index is 961. The van der Waals surface area contributed by atoms with E-state index in [0.717, 1.165) is 14.4 Å². The number of benzene rings is 2. The van der Waals surface area contributed by atoms with E-state index < -0.39 is 0 Å². The second kappa shape index (κ2) is 10.3. The van der Waals surface area contributed by atoms with Gasteiger partial charge in [0.1, 0.15) is 0 Å². The van der Waals surface area contributed by atoms with Crippen LogP contribution in [0.25, 0.3) is 0 Å². The quantitative estimate of drug-likeness (QED) is 0.337. The van der Waals surface area contributed by atoms with Crippen molar-refractivity contribution in [1.82, 2.24) is 10.5 Å².